The third-order valence-electron chi connectivity index (χ3n) is 4.49. The average molecular weight is 308 g/mol. The highest BCUT2D eigenvalue weighted by Crippen LogP contribution is 2.36. The molecule has 0 amide bonds. The van der Waals surface area contributed by atoms with Crippen LogP contribution in [-0.4, -0.2) is 35.4 Å². The molecule has 5 heteroatoms. The quantitative estimate of drug-likeness (QED) is 0.593. The molecular weight excluding hydrogens is 284 g/mol. The molecule has 2 aliphatic rings. The van der Waals surface area contributed by atoms with E-state index < -0.39 is 6.10 Å². The van der Waals surface area contributed by atoms with Crippen molar-refractivity contribution >= 4 is 11.9 Å². The Labute approximate surface area is 131 Å². The fourth-order valence-corrected chi connectivity index (χ4v) is 3.23. The Morgan fingerprint density at radius 3 is 2.73 bits per heavy atom. The number of aliphatic hydroxyl groups excluding tert-OH is 1. The summed E-state index contributed by atoms with van der Waals surface area (Å²) in [5, 5.41) is 10.5. The highest BCUT2D eigenvalue weighted by molar-refractivity contribution is 5.75. The average Bonchev–Trinajstić information content (AvgIpc) is 2.68. The normalized spacial score (nSPS) is 38.2. The fourth-order valence-electron chi connectivity index (χ4n) is 3.23. The number of carbonyl (C=O) groups excluding carboxylic acids is 2. The van der Waals surface area contributed by atoms with Gasteiger partial charge < -0.3 is 14.6 Å². The van der Waals surface area contributed by atoms with E-state index in [4.69, 9.17) is 9.47 Å². The molecule has 22 heavy (non-hydrogen) atoms. The van der Waals surface area contributed by atoms with Gasteiger partial charge in [0.1, 0.15) is 12.2 Å². The molecule has 1 heterocycles. The maximum atomic E-state index is 11.8. The molecule has 0 radical (unpaired) electrons. The van der Waals surface area contributed by atoms with Crippen molar-refractivity contribution in [3.8, 4) is 0 Å². The van der Waals surface area contributed by atoms with Crippen LogP contribution in [0.25, 0.3) is 0 Å². The van der Waals surface area contributed by atoms with Gasteiger partial charge in [-0.05, 0) is 19.4 Å². The standard InChI is InChI=1S/C17H24O5/c1-9-5-6-14(21-12(4)18)10(2)8-13(19)16-11(3)17(20)22-15(16)7-9/h5,8,11,13-16,19H,6-7H2,1-4H3/b9-5+,10-8?/t11-,13-,14+,15+,16+/m1/s1. The van der Waals surface area contributed by atoms with Crippen molar-refractivity contribution in [1.82, 2.24) is 0 Å². The molecule has 5 nitrogen and oxygen atoms in total. The predicted octanol–water partition coefficient (Wildman–Crippen LogP) is 2.14. The molecule has 0 bridgehead atoms. The minimum absolute atomic E-state index is 0.260. The first-order valence-corrected chi connectivity index (χ1v) is 7.69. The summed E-state index contributed by atoms with van der Waals surface area (Å²) in [6.07, 6.45) is 3.37. The van der Waals surface area contributed by atoms with Crippen LogP contribution in [0.3, 0.4) is 0 Å². The molecule has 0 aromatic rings. The molecule has 0 aromatic carbocycles. The zero-order chi connectivity index (χ0) is 16.4. The third-order valence-corrected chi connectivity index (χ3v) is 4.49. The molecule has 0 saturated carbocycles. The Kier molecular flexibility index (Phi) is 5.06. The Bertz CT molecular complexity index is 519. The summed E-state index contributed by atoms with van der Waals surface area (Å²) in [5.41, 5.74) is 1.86. The number of esters is 2. The van der Waals surface area contributed by atoms with E-state index >= 15 is 0 Å². The van der Waals surface area contributed by atoms with Crippen LogP contribution >= 0.6 is 0 Å². The first-order valence-electron chi connectivity index (χ1n) is 7.69. The van der Waals surface area contributed by atoms with E-state index in [0.717, 1.165) is 11.1 Å². The van der Waals surface area contributed by atoms with Crippen LogP contribution in [0, 0.1) is 11.8 Å². The molecule has 0 aromatic heterocycles. The van der Waals surface area contributed by atoms with Crippen molar-refractivity contribution in [3.05, 3.63) is 23.3 Å². The van der Waals surface area contributed by atoms with Gasteiger partial charge in [-0.15, -0.1) is 0 Å². The summed E-state index contributed by atoms with van der Waals surface area (Å²) in [6.45, 7) is 6.96. The van der Waals surface area contributed by atoms with Crippen molar-refractivity contribution in [2.45, 2.75) is 58.8 Å². The highest BCUT2D eigenvalue weighted by Gasteiger charge is 2.45. The van der Waals surface area contributed by atoms with Gasteiger partial charge in [0.2, 0.25) is 0 Å². The third kappa shape index (κ3) is 3.58. The lowest BCUT2D eigenvalue weighted by molar-refractivity contribution is -0.145. The Hall–Kier alpha value is -1.62. The molecule has 1 aliphatic heterocycles. The Morgan fingerprint density at radius 2 is 2.09 bits per heavy atom. The first-order chi connectivity index (χ1) is 10.3. The van der Waals surface area contributed by atoms with Gasteiger partial charge in [0.05, 0.1) is 12.0 Å². The van der Waals surface area contributed by atoms with Crippen LogP contribution in [0.5, 0.6) is 0 Å². The summed E-state index contributed by atoms with van der Waals surface area (Å²) < 4.78 is 10.8. The van der Waals surface area contributed by atoms with Crippen molar-refractivity contribution in [2.75, 3.05) is 0 Å². The number of fused-ring (bicyclic) bond motifs is 1. The smallest absolute Gasteiger partial charge is 0.309 e. The van der Waals surface area contributed by atoms with Gasteiger partial charge in [0, 0.05) is 25.7 Å². The lowest BCUT2D eigenvalue weighted by Gasteiger charge is -2.26. The molecule has 1 aliphatic carbocycles. The molecule has 1 N–H and O–H groups in total. The molecule has 1 fully saturated rings. The summed E-state index contributed by atoms with van der Waals surface area (Å²) >= 11 is 0. The Morgan fingerprint density at radius 1 is 1.41 bits per heavy atom. The molecule has 122 valence electrons. The van der Waals surface area contributed by atoms with E-state index in [1.165, 1.54) is 6.92 Å². The van der Waals surface area contributed by atoms with Crippen LogP contribution in [-0.2, 0) is 19.1 Å². The second-order valence-electron chi connectivity index (χ2n) is 6.33. The second kappa shape index (κ2) is 6.65. The zero-order valence-corrected chi connectivity index (χ0v) is 13.5. The van der Waals surface area contributed by atoms with Gasteiger partial charge in [-0.1, -0.05) is 24.6 Å². The van der Waals surface area contributed by atoms with Crippen LogP contribution in [0.15, 0.2) is 23.3 Å². The lowest BCUT2D eigenvalue weighted by Crippen LogP contribution is -2.32. The van der Waals surface area contributed by atoms with Crippen molar-refractivity contribution < 1.29 is 24.2 Å². The first kappa shape index (κ1) is 16.7. The minimum Gasteiger partial charge on any atom is -0.461 e. The summed E-state index contributed by atoms with van der Waals surface area (Å²) in [7, 11) is 0. The van der Waals surface area contributed by atoms with E-state index in [9.17, 15) is 14.7 Å². The zero-order valence-electron chi connectivity index (χ0n) is 13.5. The van der Waals surface area contributed by atoms with Crippen LogP contribution in [0.4, 0.5) is 0 Å². The largest absolute Gasteiger partial charge is 0.461 e. The number of carbonyl (C=O) groups is 2. The van der Waals surface area contributed by atoms with E-state index in [0.29, 0.717) is 12.8 Å². The summed E-state index contributed by atoms with van der Waals surface area (Å²) in [5.74, 6) is -1.23. The van der Waals surface area contributed by atoms with Gasteiger partial charge in [-0.3, -0.25) is 9.59 Å². The molecule has 2 rings (SSSR count). The number of rotatable bonds is 1. The van der Waals surface area contributed by atoms with Gasteiger partial charge in [-0.2, -0.15) is 0 Å². The summed E-state index contributed by atoms with van der Waals surface area (Å²) in [4.78, 5) is 23.1. The SMILES string of the molecule is CC(=O)O[C@H]1C/C=C(\C)C[C@@H]2OC(=O)[C@H](C)[C@H]2[C@H](O)C=C1C. The number of aliphatic hydroxyl groups is 1. The number of ether oxygens (including phenoxy) is 2. The van der Waals surface area contributed by atoms with E-state index in [1.54, 1.807) is 13.0 Å². The maximum absolute atomic E-state index is 11.8. The van der Waals surface area contributed by atoms with Crippen LogP contribution in [0.1, 0.15) is 40.5 Å². The van der Waals surface area contributed by atoms with E-state index in [1.807, 2.05) is 19.9 Å². The second-order valence-corrected chi connectivity index (χ2v) is 6.33. The molecule has 0 unspecified atom stereocenters. The van der Waals surface area contributed by atoms with E-state index in [-0.39, 0.29) is 36.0 Å². The van der Waals surface area contributed by atoms with Gasteiger partial charge in [-0.25, -0.2) is 0 Å². The maximum Gasteiger partial charge on any atom is 0.309 e. The lowest BCUT2D eigenvalue weighted by atomic mass is 9.82. The molecule has 0 spiro atoms. The highest BCUT2D eigenvalue weighted by atomic mass is 16.6. The minimum atomic E-state index is -0.796. The van der Waals surface area contributed by atoms with Gasteiger partial charge in [0.15, 0.2) is 0 Å². The van der Waals surface area contributed by atoms with Crippen LogP contribution in [0.2, 0.25) is 0 Å². The fraction of sp³-hybridized carbons (Fsp3) is 0.647. The van der Waals surface area contributed by atoms with Crippen molar-refractivity contribution in [1.29, 1.82) is 0 Å². The Balaban J connectivity index is 2.33. The molecule has 1 saturated heterocycles. The topological polar surface area (TPSA) is 72.8 Å². The van der Waals surface area contributed by atoms with Crippen LogP contribution < -0.4 is 0 Å². The number of hydrogen-bond acceptors (Lipinski definition) is 5. The number of hydrogen-bond donors (Lipinski definition) is 1. The van der Waals surface area contributed by atoms with Gasteiger partial charge in [0.25, 0.3) is 0 Å². The predicted molar refractivity (Wildman–Crippen MR) is 80.8 cm³/mol. The monoisotopic (exact) mass is 308 g/mol. The van der Waals surface area contributed by atoms with Crippen molar-refractivity contribution in [3.63, 3.8) is 0 Å². The summed E-state index contributed by atoms with van der Waals surface area (Å²) in [6, 6.07) is 0. The molecule has 5 atom stereocenters. The van der Waals surface area contributed by atoms with Gasteiger partial charge >= 0.3 is 11.9 Å². The molecular formula is C17H24O5. The van der Waals surface area contributed by atoms with Crippen molar-refractivity contribution in [2.24, 2.45) is 11.8 Å². The van der Waals surface area contributed by atoms with E-state index in [2.05, 4.69) is 0 Å².